The van der Waals surface area contributed by atoms with Gasteiger partial charge in [0.25, 0.3) is 0 Å². The molecule has 4 rings (SSSR count). The van der Waals surface area contributed by atoms with Gasteiger partial charge < -0.3 is 4.74 Å². The van der Waals surface area contributed by atoms with Crippen LogP contribution in [-0.4, -0.2) is 29.6 Å². The molecule has 0 bridgehead atoms. The number of benzene rings is 3. The molecule has 0 radical (unpaired) electrons. The monoisotopic (exact) mass is 415 g/mol. The maximum absolute atomic E-state index is 13.2. The van der Waals surface area contributed by atoms with E-state index in [9.17, 15) is 4.79 Å². The van der Waals surface area contributed by atoms with Gasteiger partial charge >= 0.3 is 0 Å². The number of amidine groups is 1. The van der Waals surface area contributed by atoms with Gasteiger partial charge in [0.2, 0.25) is 5.91 Å². The third-order valence-electron chi connectivity index (χ3n) is 4.68. The van der Waals surface area contributed by atoms with Crippen molar-refractivity contribution in [2.24, 2.45) is 10.2 Å². The van der Waals surface area contributed by atoms with E-state index in [-0.39, 0.29) is 11.2 Å². The molecule has 6 heteroatoms. The van der Waals surface area contributed by atoms with Crippen molar-refractivity contribution in [2.45, 2.75) is 11.7 Å². The first-order chi connectivity index (χ1) is 14.7. The quantitative estimate of drug-likeness (QED) is 0.430. The van der Waals surface area contributed by atoms with Crippen molar-refractivity contribution in [3.05, 3.63) is 96.1 Å². The van der Waals surface area contributed by atoms with Crippen LogP contribution in [0.5, 0.6) is 5.75 Å². The Labute approximate surface area is 180 Å². The van der Waals surface area contributed by atoms with Gasteiger partial charge in [-0.15, -0.1) is 5.10 Å². The number of hydrogen-bond acceptors (Lipinski definition) is 5. The zero-order valence-electron chi connectivity index (χ0n) is 16.5. The van der Waals surface area contributed by atoms with Gasteiger partial charge in [0, 0.05) is 0 Å². The summed E-state index contributed by atoms with van der Waals surface area (Å²) >= 11 is 1.44. The van der Waals surface area contributed by atoms with E-state index in [4.69, 9.17) is 4.74 Å². The van der Waals surface area contributed by atoms with Gasteiger partial charge in [-0.1, -0.05) is 72.4 Å². The van der Waals surface area contributed by atoms with Crippen molar-refractivity contribution in [1.29, 1.82) is 0 Å². The molecule has 1 atom stereocenters. The smallest absolute Gasteiger partial charge is 0.247 e. The number of carbonyl (C=O) groups excluding carboxylic acids is 1. The minimum absolute atomic E-state index is 0.00989. The Morgan fingerprint density at radius 2 is 1.63 bits per heavy atom. The fourth-order valence-electron chi connectivity index (χ4n) is 3.14. The number of methoxy groups -OCH3 is 1. The summed E-state index contributed by atoms with van der Waals surface area (Å²) < 4.78 is 5.22. The molecule has 1 aliphatic rings. The maximum Gasteiger partial charge on any atom is 0.247 e. The van der Waals surface area contributed by atoms with Crippen LogP contribution >= 0.6 is 11.8 Å². The van der Waals surface area contributed by atoms with Crippen molar-refractivity contribution in [2.75, 3.05) is 12.0 Å². The van der Waals surface area contributed by atoms with Crippen LogP contribution in [0.4, 0.5) is 5.69 Å². The molecule has 0 N–H and O–H groups in total. The molecule has 0 aliphatic carbocycles. The summed E-state index contributed by atoms with van der Waals surface area (Å²) in [4.78, 5) is 14.9. The Kier molecular flexibility index (Phi) is 6.25. The van der Waals surface area contributed by atoms with E-state index in [0.717, 1.165) is 22.6 Å². The molecule has 3 aromatic carbocycles. The highest BCUT2D eigenvalue weighted by atomic mass is 32.2. The highest BCUT2D eigenvalue weighted by Gasteiger charge is 2.39. The lowest BCUT2D eigenvalue weighted by molar-refractivity contribution is -0.116. The molecule has 1 fully saturated rings. The first-order valence-corrected chi connectivity index (χ1v) is 10.5. The van der Waals surface area contributed by atoms with Crippen molar-refractivity contribution >= 4 is 34.7 Å². The van der Waals surface area contributed by atoms with Crippen LogP contribution in [0, 0.1) is 0 Å². The molecular formula is C24H21N3O2S. The van der Waals surface area contributed by atoms with Crippen LogP contribution in [-0.2, 0) is 11.2 Å². The van der Waals surface area contributed by atoms with Gasteiger partial charge in [0.15, 0.2) is 5.17 Å². The Morgan fingerprint density at radius 1 is 0.967 bits per heavy atom. The first-order valence-electron chi connectivity index (χ1n) is 9.59. The molecule has 1 saturated heterocycles. The lowest BCUT2D eigenvalue weighted by Crippen LogP contribution is -2.32. The average Bonchev–Trinajstić information content (AvgIpc) is 3.10. The Balaban J connectivity index is 1.59. The lowest BCUT2D eigenvalue weighted by atomic mass is 10.1. The molecular weight excluding hydrogens is 394 g/mol. The van der Waals surface area contributed by atoms with Crippen LogP contribution < -0.4 is 9.64 Å². The van der Waals surface area contributed by atoms with E-state index >= 15 is 0 Å². The SMILES string of the molecule is COc1ccc(C[C@H]2S/C(=N/N=C\c3ccccc3)N(c3ccccc3)C2=O)cc1. The Hall–Kier alpha value is -3.38. The number of ether oxygens (including phenoxy) is 1. The number of amides is 1. The van der Waals surface area contributed by atoms with E-state index in [1.807, 2.05) is 84.9 Å². The number of anilines is 1. The van der Waals surface area contributed by atoms with E-state index in [1.54, 1.807) is 18.2 Å². The number of rotatable bonds is 6. The lowest BCUT2D eigenvalue weighted by Gasteiger charge is -2.15. The molecule has 0 unspecified atom stereocenters. The molecule has 1 heterocycles. The van der Waals surface area contributed by atoms with Crippen molar-refractivity contribution < 1.29 is 9.53 Å². The third kappa shape index (κ3) is 4.60. The Bertz CT molecular complexity index is 1050. The number of para-hydroxylation sites is 1. The van der Waals surface area contributed by atoms with Gasteiger partial charge in [-0.3, -0.25) is 9.69 Å². The predicted octanol–water partition coefficient (Wildman–Crippen LogP) is 4.78. The standard InChI is InChI=1S/C24H21N3O2S/c1-29-21-14-12-18(13-15-21)16-22-23(28)27(20-10-6-3-7-11-20)24(30-22)26-25-17-19-8-4-2-5-9-19/h2-15,17,22H,16H2,1H3/b25-17-,26-24+/t22-/m1/s1. The minimum atomic E-state index is -0.260. The van der Waals surface area contributed by atoms with E-state index in [0.29, 0.717) is 11.6 Å². The number of nitrogens with zero attached hydrogens (tertiary/aromatic N) is 3. The van der Waals surface area contributed by atoms with E-state index in [1.165, 1.54) is 11.8 Å². The number of carbonyl (C=O) groups is 1. The summed E-state index contributed by atoms with van der Waals surface area (Å²) in [5.74, 6) is 0.809. The molecule has 0 aromatic heterocycles. The van der Waals surface area contributed by atoms with Gasteiger partial charge in [-0.25, -0.2) is 0 Å². The van der Waals surface area contributed by atoms with Crippen LogP contribution in [0.1, 0.15) is 11.1 Å². The minimum Gasteiger partial charge on any atom is -0.497 e. The molecule has 5 nitrogen and oxygen atoms in total. The summed E-state index contributed by atoms with van der Waals surface area (Å²) in [6.07, 6.45) is 2.30. The van der Waals surface area contributed by atoms with Gasteiger partial charge in [0.1, 0.15) is 5.75 Å². The first kappa shape index (κ1) is 19.9. The second-order valence-corrected chi connectivity index (χ2v) is 7.88. The van der Waals surface area contributed by atoms with Crippen molar-refractivity contribution in [1.82, 2.24) is 0 Å². The van der Waals surface area contributed by atoms with Gasteiger partial charge in [-0.05, 0) is 41.8 Å². The summed E-state index contributed by atoms with van der Waals surface area (Å²) in [7, 11) is 1.64. The van der Waals surface area contributed by atoms with Crippen LogP contribution in [0.3, 0.4) is 0 Å². The fraction of sp³-hybridized carbons (Fsp3) is 0.125. The van der Waals surface area contributed by atoms with Crippen LogP contribution in [0.2, 0.25) is 0 Å². The predicted molar refractivity (Wildman–Crippen MR) is 123 cm³/mol. The highest BCUT2D eigenvalue weighted by molar-refractivity contribution is 8.16. The second kappa shape index (κ2) is 9.41. The normalized spacial score (nSPS) is 17.8. The van der Waals surface area contributed by atoms with Crippen LogP contribution in [0.25, 0.3) is 0 Å². The zero-order valence-corrected chi connectivity index (χ0v) is 17.3. The van der Waals surface area contributed by atoms with E-state index in [2.05, 4.69) is 10.2 Å². The third-order valence-corrected chi connectivity index (χ3v) is 5.81. The summed E-state index contributed by atoms with van der Waals surface area (Å²) in [6, 6.07) is 27.1. The summed E-state index contributed by atoms with van der Waals surface area (Å²) in [5, 5.41) is 8.93. The molecule has 1 amide bonds. The second-order valence-electron chi connectivity index (χ2n) is 6.71. The maximum atomic E-state index is 13.2. The van der Waals surface area contributed by atoms with E-state index < -0.39 is 0 Å². The van der Waals surface area contributed by atoms with Crippen molar-refractivity contribution in [3.63, 3.8) is 0 Å². The number of thioether (sulfide) groups is 1. The summed E-state index contributed by atoms with van der Waals surface area (Å²) in [6.45, 7) is 0. The van der Waals surface area contributed by atoms with Gasteiger partial charge in [0.05, 0.1) is 24.3 Å². The largest absolute Gasteiger partial charge is 0.497 e. The fourth-order valence-corrected chi connectivity index (χ4v) is 4.27. The molecule has 30 heavy (non-hydrogen) atoms. The highest BCUT2D eigenvalue weighted by Crippen LogP contribution is 2.34. The zero-order chi connectivity index (χ0) is 20.8. The molecule has 0 spiro atoms. The average molecular weight is 416 g/mol. The molecule has 3 aromatic rings. The molecule has 1 aliphatic heterocycles. The van der Waals surface area contributed by atoms with Crippen molar-refractivity contribution in [3.8, 4) is 5.75 Å². The van der Waals surface area contributed by atoms with Gasteiger partial charge in [-0.2, -0.15) is 5.10 Å². The molecule has 0 saturated carbocycles. The summed E-state index contributed by atoms with van der Waals surface area (Å²) in [5.41, 5.74) is 2.82. The number of hydrogen-bond donors (Lipinski definition) is 0. The molecule has 150 valence electrons. The Morgan fingerprint density at radius 3 is 2.30 bits per heavy atom. The topological polar surface area (TPSA) is 54.3 Å². The van der Waals surface area contributed by atoms with Crippen LogP contribution in [0.15, 0.2) is 95.1 Å².